The molecule has 2 heterocycles. The summed E-state index contributed by atoms with van der Waals surface area (Å²) in [6.07, 6.45) is 1.43. The highest BCUT2D eigenvalue weighted by Gasteiger charge is 2.17. The standard InChI is InChI=1S/C15H13Cl2N5O3/c1-20-7-18-13-12(20)14(24)22(15(25)21(13)2)6-10(23)19-9-5-3-4-8(16)11(9)17/h3-5,7H,6H2,1-2H3,(H,19,23). The maximum absolute atomic E-state index is 12.6. The second-order valence-electron chi connectivity index (χ2n) is 5.41. The monoisotopic (exact) mass is 381 g/mol. The smallest absolute Gasteiger partial charge is 0.328 e. The van der Waals surface area contributed by atoms with Gasteiger partial charge < -0.3 is 9.88 Å². The number of amides is 1. The van der Waals surface area contributed by atoms with E-state index in [1.54, 1.807) is 25.2 Å². The quantitative estimate of drug-likeness (QED) is 0.741. The van der Waals surface area contributed by atoms with Crippen molar-refractivity contribution in [1.82, 2.24) is 18.7 Å². The molecule has 0 radical (unpaired) electrons. The molecule has 3 rings (SSSR count). The SMILES string of the molecule is Cn1cnc2c1c(=O)n(CC(=O)Nc1cccc(Cl)c1Cl)c(=O)n2C. The molecule has 1 amide bonds. The Hall–Kier alpha value is -2.58. The number of fused-ring (bicyclic) bond motifs is 1. The number of anilines is 1. The summed E-state index contributed by atoms with van der Waals surface area (Å²) in [6.45, 7) is -0.463. The van der Waals surface area contributed by atoms with E-state index < -0.39 is 23.7 Å². The fourth-order valence-corrected chi connectivity index (χ4v) is 2.82. The number of nitrogens with one attached hydrogen (secondary N) is 1. The highest BCUT2D eigenvalue weighted by Crippen LogP contribution is 2.29. The van der Waals surface area contributed by atoms with Crippen molar-refractivity contribution in [2.75, 3.05) is 5.32 Å². The van der Waals surface area contributed by atoms with Gasteiger partial charge in [0.05, 0.1) is 22.1 Å². The van der Waals surface area contributed by atoms with Crippen LogP contribution in [-0.2, 0) is 25.4 Å². The summed E-state index contributed by atoms with van der Waals surface area (Å²) in [5, 5.41) is 3.01. The first-order valence-corrected chi connectivity index (χ1v) is 7.91. The predicted octanol–water partition coefficient (Wildman–Crippen LogP) is 1.38. The fourth-order valence-electron chi connectivity index (χ4n) is 2.47. The first-order valence-electron chi connectivity index (χ1n) is 7.16. The maximum Gasteiger partial charge on any atom is 0.332 e. The maximum atomic E-state index is 12.6. The lowest BCUT2D eigenvalue weighted by molar-refractivity contribution is -0.116. The molecule has 10 heteroatoms. The third kappa shape index (κ3) is 2.94. The van der Waals surface area contributed by atoms with E-state index in [2.05, 4.69) is 10.3 Å². The molecule has 0 aliphatic heterocycles. The summed E-state index contributed by atoms with van der Waals surface area (Å²) in [7, 11) is 3.12. The molecule has 130 valence electrons. The van der Waals surface area contributed by atoms with Crippen molar-refractivity contribution in [3.8, 4) is 0 Å². The van der Waals surface area contributed by atoms with E-state index in [0.29, 0.717) is 5.69 Å². The fraction of sp³-hybridized carbons (Fsp3) is 0.200. The van der Waals surface area contributed by atoms with E-state index >= 15 is 0 Å². The number of imidazole rings is 1. The minimum Gasteiger partial charge on any atom is -0.328 e. The van der Waals surface area contributed by atoms with Crippen LogP contribution in [0.5, 0.6) is 0 Å². The number of carbonyl (C=O) groups is 1. The van der Waals surface area contributed by atoms with Gasteiger partial charge >= 0.3 is 5.69 Å². The van der Waals surface area contributed by atoms with Gasteiger partial charge in [-0.25, -0.2) is 14.3 Å². The molecule has 0 atom stereocenters. The second kappa shape index (κ2) is 6.38. The lowest BCUT2D eigenvalue weighted by Crippen LogP contribution is -2.42. The van der Waals surface area contributed by atoms with Crippen LogP contribution in [0.1, 0.15) is 0 Å². The summed E-state index contributed by atoms with van der Waals surface area (Å²) in [5.74, 6) is -0.579. The Morgan fingerprint density at radius 2 is 1.96 bits per heavy atom. The molecule has 0 unspecified atom stereocenters. The zero-order valence-electron chi connectivity index (χ0n) is 13.3. The average Bonchev–Trinajstić information content (AvgIpc) is 2.96. The molecule has 1 N–H and O–H groups in total. The number of aromatic nitrogens is 4. The van der Waals surface area contributed by atoms with Crippen LogP contribution in [0.2, 0.25) is 10.0 Å². The van der Waals surface area contributed by atoms with Crippen LogP contribution >= 0.6 is 23.2 Å². The largest absolute Gasteiger partial charge is 0.332 e. The Balaban J connectivity index is 1.99. The van der Waals surface area contributed by atoms with Gasteiger partial charge in [0.2, 0.25) is 5.91 Å². The van der Waals surface area contributed by atoms with Gasteiger partial charge in [0.1, 0.15) is 6.54 Å². The first-order chi connectivity index (χ1) is 11.8. The van der Waals surface area contributed by atoms with Gasteiger partial charge in [-0.15, -0.1) is 0 Å². The Labute approximate surface area is 151 Å². The Morgan fingerprint density at radius 3 is 2.68 bits per heavy atom. The zero-order valence-corrected chi connectivity index (χ0v) is 14.8. The molecule has 3 aromatic rings. The summed E-state index contributed by atoms with van der Waals surface area (Å²) in [5.41, 5.74) is -0.442. The number of nitrogens with zero attached hydrogens (tertiary/aromatic N) is 4. The second-order valence-corrected chi connectivity index (χ2v) is 6.20. The molecule has 0 fully saturated rings. The zero-order chi connectivity index (χ0) is 18.3. The van der Waals surface area contributed by atoms with Gasteiger partial charge in [0, 0.05) is 14.1 Å². The Bertz CT molecular complexity index is 1110. The Morgan fingerprint density at radius 1 is 1.24 bits per heavy atom. The van der Waals surface area contributed by atoms with Crippen molar-refractivity contribution in [2.45, 2.75) is 6.54 Å². The van der Waals surface area contributed by atoms with Crippen LogP contribution in [0.25, 0.3) is 11.2 Å². The molecular weight excluding hydrogens is 369 g/mol. The topological polar surface area (TPSA) is 90.9 Å². The molecule has 2 aromatic heterocycles. The van der Waals surface area contributed by atoms with Crippen molar-refractivity contribution >= 4 is 46.0 Å². The first kappa shape index (κ1) is 17.2. The number of rotatable bonds is 3. The van der Waals surface area contributed by atoms with Gasteiger partial charge in [-0.2, -0.15) is 0 Å². The summed E-state index contributed by atoms with van der Waals surface area (Å²) in [4.78, 5) is 41.2. The van der Waals surface area contributed by atoms with Gasteiger partial charge in [-0.05, 0) is 12.1 Å². The van der Waals surface area contributed by atoms with Crippen LogP contribution < -0.4 is 16.6 Å². The molecule has 0 aliphatic carbocycles. The van der Waals surface area contributed by atoms with Gasteiger partial charge in [0.25, 0.3) is 5.56 Å². The van der Waals surface area contributed by atoms with Crippen LogP contribution in [0.3, 0.4) is 0 Å². The van der Waals surface area contributed by atoms with Gasteiger partial charge in [-0.1, -0.05) is 29.3 Å². The van der Waals surface area contributed by atoms with Crippen molar-refractivity contribution in [3.05, 3.63) is 55.4 Å². The van der Waals surface area contributed by atoms with Crippen molar-refractivity contribution in [1.29, 1.82) is 0 Å². The highest BCUT2D eigenvalue weighted by atomic mass is 35.5. The predicted molar refractivity (Wildman–Crippen MR) is 95.3 cm³/mol. The number of hydrogen-bond acceptors (Lipinski definition) is 4. The highest BCUT2D eigenvalue weighted by molar-refractivity contribution is 6.43. The van der Waals surface area contributed by atoms with E-state index in [1.807, 2.05) is 0 Å². The van der Waals surface area contributed by atoms with Crippen LogP contribution in [-0.4, -0.2) is 24.6 Å². The van der Waals surface area contributed by atoms with E-state index in [4.69, 9.17) is 23.2 Å². The minimum atomic E-state index is -0.636. The third-order valence-corrected chi connectivity index (χ3v) is 4.55. The van der Waals surface area contributed by atoms with Crippen LogP contribution in [0, 0.1) is 0 Å². The molecule has 25 heavy (non-hydrogen) atoms. The van der Waals surface area contributed by atoms with Crippen LogP contribution in [0.4, 0.5) is 5.69 Å². The molecular formula is C15H13Cl2N5O3. The van der Waals surface area contributed by atoms with E-state index in [-0.39, 0.29) is 21.2 Å². The lowest BCUT2D eigenvalue weighted by atomic mass is 10.3. The van der Waals surface area contributed by atoms with E-state index in [0.717, 1.165) is 4.57 Å². The molecule has 0 aliphatic rings. The Kier molecular flexibility index (Phi) is 4.40. The molecule has 0 spiro atoms. The summed E-state index contributed by atoms with van der Waals surface area (Å²) in [6, 6.07) is 4.77. The normalized spacial score (nSPS) is 11.0. The molecule has 0 saturated heterocycles. The van der Waals surface area contributed by atoms with Gasteiger partial charge in [-0.3, -0.25) is 14.2 Å². The van der Waals surface area contributed by atoms with Crippen molar-refractivity contribution < 1.29 is 4.79 Å². The number of hydrogen-bond donors (Lipinski definition) is 1. The summed E-state index contributed by atoms with van der Waals surface area (Å²) >= 11 is 11.9. The number of aryl methyl sites for hydroxylation is 2. The minimum absolute atomic E-state index is 0.180. The van der Waals surface area contributed by atoms with Crippen LogP contribution in [0.15, 0.2) is 34.1 Å². The van der Waals surface area contributed by atoms with Crippen molar-refractivity contribution in [3.63, 3.8) is 0 Å². The average molecular weight is 382 g/mol. The molecule has 1 aromatic carbocycles. The van der Waals surface area contributed by atoms with E-state index in [1.165, 1.54) is 22.5 Å². The molecule has 0 saturated carbocycles. The third-order valence-electron chi connectivity index (χ3n) is 3.73. The van der Waals surface area contributed by atoms with Crippen molar-refractivity contribution in [2.24, 2.45) is 14.1 Å². The molecule has 0 bridgehead atoms. The molecule has 8 nitrogen and oxygen atoms in total. The number of benzene rings is 1. The van der Waals surface area contributed by atoms with Gasteiger partial charge in [0.15, 0.2) is 11.2 Å². The summed E-state index contributed by atoms with van der Waals surface area (Å²) < 4.78 is 3.56. The number of carbonyl (C=O) groups excluding carboxylic acids is 1. The van der Waals surface area contributed by atoms with E-state index in [9.17, 15) is 14.4 Å². The number of halogens is 2. The lowest BCUT2D eigenvalue weighted by Gasteiger charge is -2.10.